The number of hydrogen-bond donors (Lipinski definition) is 1. The first-order valence-electron chi connectivity index (χ1n) is 9.58. The number of methoxy groups -OCH3 is 1. The molecule has 4 rings (SSSR count). The van der Waals surface area contributed by atoms with E-state index in [1.165, 1.54) is 11.1 Å². The molecule has 0 saturated carbocycles. The molecule has 2 aromatic carbocycles. The maximum absolute atomic E-state index is 13.2. The molecular weight excluding hydrogens is 513 g/mol. The number of fused-ring (bicyclic) bond motifs is 1. The maximum Gasteiger partial charge on any atom is 0.271 e. The van der Waals surface area contributed by atoms with Gasteiger partial charge in [-0.1, -0.05) is 46.9 Å². The van der Waals surface area contributed by atoms with E-state index in [2.05, 4.69) is 51.8 Å². The predicted octanol–water partition coefficient (Wildman–Crippen LogP) is 3.90. The summed E-state index contributed by atoms with van der Waals surface area (Å²) in [5, 5.41) is 0.209. The van der Waals surface area contributed by atoms with Gasteiger partial charge >= 0.3 is 0 Å². The van der Waals surface area contributed by atoms with Crippen LogP contribution < -0.4 is 20.8 Å². The van der Waals surface area contributed by atoms with Gasteiger partial charge in [0, 0.05) is 28.7 Å². The van der Waals surface area contributed by atoms with Gasteiger partial charge in [0.1, 0.15) is 12.9 Å². The normalized spacial score (nSPS) is 15.1. The third-order valence-corrected chi connectivity index (χ3v) is 7.20. The van der Waals surface area contributed by atoms with Crippen LogP contribution in [0, 0.1) is 0 Å². The number of nitrogens with zero attached hydrogens (tertiary/aromatic N) is 2. The zero-order chi connectivity index (χ0) is 21.1. The third kappa shape index (κ3) is 4.21. The number of nitrogens with two attached hydrogens (primary N) is 1. The first-order chi connectivity index (χ1) is 14.6. The van der Waals surface area contributed by atoms with E-state index in [0.717, 1.165) is 16.5 Å². The van der Waals surface area contributed by atoms with Crippen molar-refractivity contribution in [3.63, 3.8) is 0 Å². The lowest BCUT2D eigenvalue weighted by Gasteiger charge is -2.13. The van der Waals surface area contributed by atoms with Gasteiger partial charge in [0.2, 0.25) is 0 Å². The van der Waals surface area contributed by atoms with E-state index < -0.39 is 0 Å². The average Bonchev–Trinajstić information content (AvgIpc) is 3.23. The summed E-state index contributed by atoms with van der Waals surface area (Å²) >= 11 is 3.95. The fourth-order valence-corrected chi connectivity index (χ4v) is 5.18. The number of rotatable bonds is 7. The Bertz CT molecular complexity index is 1100. The minimum absolute atomic E-state index is 0.0611. The lowest BCUT2D eigenvalue weighted by molar-refractivity contribution is 0.302. The van der Waals surface area contributed by atoms with Gasteiger partial charge in [0.25, 0.3) is 5.56 Å². The molecule has 0 fully saturated rings. The van der Waals surface area contributed by atoms with E-state index in [1.807, 2.05) is 6.07 Å². The zero-order valence-corrected chi connectivity index (χ0v) is 19.5. The molecule has 1 atom stereocenters. The lowest BCUT2D eigenvalue weighted by atomic mass is 10.1. The topological polar surface area (TPSA) is 79.4 Å². The molecule has 1 aliphatic heterocycles. The molecule has 1 unspecified atom stereocenters. The molecule has 0 amide bonds. The van der Waals surface area contributed by atoms with Crippen LogP contribution in [0.5, 0.6) is 11.5 Å². The smallest absolute Gasteiger partial charge is 0.271 e. The molecule has 30 heavy (non-hydrogen) atoms. The average molecular weight is 535 g/mol. The molecule has 0 aliphatic carbocycles. The van der Waals surface area contributed by atoms with Gasteiger partial charge < -0.3 is 15.2 Å². The van der Waals surface area contributed by atoms with Crippen molar-refractivity contribution in [1.29, 1.82) is 0 Å². The highest BCUT2D eigenvalue weighted by atomic mass is 127. The summed E-state index contributed by atoms with van der Waals surface area (Å²) in [6.07, 6.45) is 2.35. The first kappa shape index (κ1) is 21.2. The van der Waals surface area contributed by atoms with E-state index in [-0.39, 0.29) is 10.8 Å². The van der Waals surface area contributed by atoms with Crippen LogP contribution in [0.4, 0.5) is 0 Å². The van der Waals surface area contributed by atoms with E-state index in [1.54, 1.807) is 41.9 Å². The molecule has 156 valence electrons. The molecule has 0 bridgehead atoms. The Morgan fingerprint density at radius 2 is 2.03 bits per heavy atom. The maximum atomic E-state index is 13.2. The van der Waals surface area contributed by atoms with Crippen molar-refractivity contribution in [3.8, 4) is 17.2 Å². The van der Waals surface area contributed by atoms with Crippen LogP contribution in [-0.2, 0) is 10.8 Å². The van der Waals surface area contributed by atoms with Crippen molar-refractivity contribution < 1.29 is 9.47 Å². The van der Waals surface area contributed by atoms with Crippen molar-refractivity contribution in [2.24, 2.45) is 5.73 Å². The second-order valence-electron chi connectivity index (χ2n) is 6.85. The van der Waals surface area contributed by atoms with Gasteiger partial charge in [-0.2, -0.15) is 0 Å². The molecule has 0 spiro atoms. The minimum atomic E-state index is -0.0611. The van der Waals surface area contributed by atoms with Gasteiger partial charge in [-0.25, -0.2) is 4.98 Å². The summed E-state index contributed by atoms with van der Waals surface area (Å²) in [7, 11) is 1.57. The zero-order valence-electron chi connectivity index (χ0n) is 16.5. The molecule has 0 radical (unpaired) electrons. The molecule has 2 N–H and O–H groups in total. The molecular formula is C22H22IN3O3S. The Morgan fingerprint density at radius 3 is 2.73 bits per heavy atom. The summed E-state index contributed by atoms with van der Waals surface area (Å²) < 4.78 is 13.6. The highest BCUT2D eigenvalue weighted by Gasteiger charge is 2.28. The number of benzene rings is 2. The van der Waals surface area contributed by atoms with Crippen molar-refractivity contribution in [2.75, 3.05) is 20.3 Å². The Hall–Kier alpha value is -2.04. The fraction of sp³-hybridized carbons (Fsp3) is 0.273. The summed E-state index contributed by atoms with van der Waals surface area (Å²) in [5.74, 6) is 1.15. The first-order valence-corrected chi connectivity index (χ1v) is 12.0. The van der Waals surface area contributed by atoms with Crippen LogP contribution >= 0.6 is 34.4 Å². The van der Waals surface area contributed by atoms with E-state index >= 15 is 0 Å². The number of aromatic nitrogens is 2. The number of halogens is 1. The molecule has 1 aromatic heterocycles. The lowest BCUT2D eigenvalue weighted by Crippen LogP contribution is -2.21. The summed E-state index contributed by atoms with van der Waals surface area (Å²) in [5.41, 5.74) is 9.51. The van der Waals surface area contributed by atoms with Crippen molar-refractivity contribution in [2.45, 2.75) is 21.0 Å². The van der Waals surface area contributed by atoms with E-state index in [0.29, 0.717) is 35.2 Å². The van der Waals surface area contributed by atoms with Crippen LogP contribution in [0.2, 0.25) is 0 Å². The highest BCUT2D eigenvalue weighted by Crippen LogP contribution is 2.44. The second-order valence-corrected chi connectivity index (χ2v) is 8.83. The Balaban J connectivity index is 1.62. The molecule has 0 saturated heterocycles. The number of alkyl halides is 1. The van der Waals surface area contributed by atoms with Crippen LogP contribution in [0.15, 0.2) is 58.5 Å². The third-order valence-electron chi connectivity index (χ3n) is 4.95. The predicted molar refractivity (Wildman–Crippen MR) is 127 cm³/mol. The molecule has 1 aliphatic rings. The number of thioether (sulfide) groups is 1. The Morgan fingerprint density at radius 1 is 1.23 bits per heavy atom. The monoisotopic (exact) mass is 535 g/mol. The number of ether oxygens (including phenoxy) is 2. The molecule has 6 nitrogen and oxygen atoms in total. The van der Waals surface area contributed by atoms with Gasteiger partial charge in [0.05, 0.1) is 23.4 Å². The van der Waals surface area contributed by atoms with Crippen molar-refractivity contribution in [3.05, 3.63) is 76.0 Å². The SMILES string of the molecule is COc1cc(-n2cnc3c(c2=O)SC(c2ccc(CI)cc2)C3)ccc1OCCN. The Labute approximate surface area is 192 Å². The van der Waals surface area contributed by atoms with Gasteiger partial charge in [-0.05, 0) is 23.3 Å². The Kier molecular flexibility index (Phi) is 6.64. The molecule has 2 heterocycles. The highest BCUT2D eigenvalue weighted by molar-refractivity contribution is 14.1. The number of hydrogen-bond acceptors (Lipinski definition) is 6. The van der Waals surface area contributed by atoms with Gasteiger partial charge in [-0.15, -0.1) is 11.8 Å². The standard InChI is InChI=1S/C22H22IN3O3S/c1-28-19-10-16(6-7-18(19)29-9-8-24)26-13-25-17-11-20(30-21(17)22(26)27)15-4-2-14(12-23)3-5-15/h2-7,10,13,20H,8-9,11-12,24H2,1H3. The van der Waals surface area contributed by atoms with Gasteiger partial charge in [-0.3, -0.25) is 9.36 Å². The van der Waals surface area contributed by atoms with Crippen LogP contribution in [-0.4, -0.2) is 29.8 Å². The summed E-state index contributed by atoms with van der Waals surface area (Å²) in [6, 6.07) is 14.0. The van der Waals surface area contributed by atoms with Crippen LogP contribution in [0.3, 0.4) is 0 Å². The summed E-state index contributed by atoms with van der Waals surface area (Å²) in [6.45, 7) is 0.811. The fourth-order valence-electron chi connectivity index (χ4n) is 3.38. The van der Waals surface area contributed by atoms with Crippen molar-refractivity contribution in [1.82, 2.24) is 9.55 Å². The second kappa shape index (κ2) is 9.40. The van der Waals surface area contributed by atoms with E-state index in [4.69, 9.17) is 15.2 Å². The largest absolute Gasteiger partial charge is 0.493 e. The molecule has 8 heteroatoms. The van der Waals surface area contributed by atoms with Gasteiger partial charge in [0.15, 0.2) is 11.5 Å². The van der Waals surface area contributed by atoms with Crippen molar-refractivity contribution >= 4 is 34.4 Å². The minimum Gasteiger partial charge on any atom is -0.493 e. The molecule has 3 aromatic rings. The summed E-state index contributed by atoms with van der Waals surface area (Å²) in [4.78, 5) is 18.5. The van der Waals surface area contributed by atoms with Crippen LogP contribution in [0.25, 0.3) is 5.69 Å². The van der Waals surface area contributed by atoms with E-state index in [9.17, 15) is 4.79 Å². The quantitative estimate of drug-likeness (QED) is 0.365. The van der Waals surface area contributed by atoms with Crippen LogP contribution in [0.1, 0.15) is 22.1 Å².